The van der Waals surface area contributed by atoms with Gasteiger partial charge in [-0.15, -0.1) is 0 Å². The van der Waals surface area contributed by atoms with Crippen LogP contribution in [-0.2, 0) is 4.74 Å². The van der Waals surface area contributed by atoms with E-state index >= 15 is 0 Å². The van der Waals surface area contributed by atoms with E-state index in [1.54, 1.807) is 7.11 Å². The lowest BCUT2D eigenvalue weighted by Crippen LogP contribution is -2.45. The molecule has 0 N–H and O–H groups in total. The number of hydrogen-bond donors (Lipinski definition) is 0. The van der Waals surface area contributed by atoms with Crippen LogP contribution in [0.1, 0.15) is 24.8 Å². The Morgan fingerprint density at radius 2 is 1.92 bits per heavy atom. The molecule has 2 heterocycles. The fraction of sp³-hybridized carbons (Fsp3) is 0.600. The molecule has 0 aliphatic carbocycles. The Hall–Kier alpha value is -1.23. The number of benzene rings is 1. The first-order valence-electron chi connectivity index (χ1n) is 9.05. The van der Waals surface area contributed by atoms with Crippen LogP contribution < -0.4 is 0 Å². The minimum absolute atomic E-state index is 0.177. The molecule has 1 spiro atoms. The second-order valence-electron chi connectivity index (χ2n) is 7.31. The number of likely N-dealkylation sites (tertiary alicyclic amines) is 2. The van der Waals surface area contributed by atoms with Crippen molar-refractivity contribution in [3.63, 3.8) is 0 Å². The molecule has 0 radical (unpaired) electrons. The number of nitrogens with zero attached hydrogens (tertiary/aromatic N) is 2. The number of hydrogen-bond acceptors (Lipinski definition) is 3. The molecule has 0 saturated carbocycles. The third-order valence-electron chi connectivity index (χ3n) is 5.41. The first-order valence-corrected chi connectivity index (χ1v) is 9.05. The molecule has 0 aromatic heterocycles. The molecule has 2 saturated heterocycles. The Kier molecular flexibility index (Phi) is 6.04. The van der Waals surface area contributed by atoms with Gasteiger partial charge in [0.25, 0.3) is 0 Å². The van der Waals surface area contributed by atoms with E-state index in [0.717, 1.165) is 25.3 Å². The molecule has 0 bridgehead atoms. The predicted octanol–water partition coefficient (Wildman–Crippen LogP) is 3.27. The van der Waals surface area contributed by atoms with Crippen molar-refractivity contribution >= 4 is 6.08 Å². The Labute approximate surface area is 145 Å². The molecule has 2 aliphatic heterocycles. The standard InChI is InChI=1S/C20H29FN2O/c1-24-15-14-23-12-3-9-20(17-23)10-13-22(16-20)11-2-4-18-5-7-19(21)8-6-18/h2,4-8H,3,9-17H2,1H3/b4-2+. The first kappa shape index (κ1) is 17.6. The second-order valence-corrected chi connectivity index (χ2v) is 7.31. The minimum atomic E-state index is -0.177. The highest BCUT2D eigenvalue weighted by molar-refractivity contribution is 5.48. The zero-order valence-electron chi connectivity index (χ0n) is 14.7. The van der Waals surface area contributed by atoms with Crippen LogP contribution in [0.5, 0.6) is 0 Å². The summed E-state index contributed by atoms with van der Waals surface area (Å²) in [7, 11) is 1.78. The highest BCUT2D eigenvalue weighted by Gasteiger charge is 2.40. The van der Waals surface area contributed by atoms with E-state index in [0.29, 0.717) is 5.41 Å². The molecule has 3 rings (SSSR count). The summed E-state index contributed by atoms with van der Waals surface area (Å²) in [6, 6.07) is 6.68. The zero-order chi connectivity index (χ0) is 16.8. The van der Waals surface area contributed by atoms with Crippen LogP contribution in [0.4, 0.5) is 4.39 Å². The Bertz CT molecular complexity index is 545. The largest absolute Gasteiger partial charge is 0.383 e. The van der Waals surface area contributed by atoms with Crippen molar-refractivity contribution in [2.24, 2.45) is 5.41 Å². The maximum absolute atomic E-state index is 12.9. The lowest BCUT2D eigenvalue weighted by atomic mass is 9.79. The van der Waals surface area contributed by atoms with Gasteiger partial charge in [0.05, 0.1) is 6.61 Å². The van der Waals surface area contributed by atoms with Crippen LogP contribution in [0.3, 0.4) is 0 Å². The maximum Gasteiger partial charge on any atom is 0.123 e. The average molecular weight is 332 g/mol. The molecular formula is C20H29FN2O. The van der Waals surface area contributed by atoms with E-state index in [1.165, 1.54) is 57.6 Å². The van der Waals surface area contributed by atoms with E-state index in [9.17, 15) is 4.39 Å². The number of ether oxygens (including phenoxy) is 1. The lowest BCUT2D eigenvalue weighted by Gasteiger charge is -2.40. The van der Waals surface area contributed by atoms with Gasteiger partial charge in [-0.2, -0.15) is 0 Å². The quantitative estimate of drug-likeness (QED) is 0.795. The van der Waals surface area contributed by atoms with Crippen LogP contribution in [0, 0.1) is 11.2 Å². The molecule has 1 aromatic carbocycles. The molecule has 4 heteroatoms. The van der Waals surface area contributed by atoms with Crippen molar-refractivity contribution in [2.75, 3.05) is 53.0 Å². The smallest absolute Gasteiger partial charge is 0.123 e. The van der Waals surface area contributed by atoms with Crippen molar-refractivity contribution in [3.8, 4) is 0 Å². The average Bonchev–Trinajstić information content (AvgIpc) is 2.97. The SMILES string of the molecule is COCCN1CCCC2(CCN(C/C=C/c3ccc(F)cc3)C2)C1. The van der Waals surface area contributed by atoms with Gasteiger partial charge in [0.1, 0.15) is 5.82 Å². The second kappa shape index (κ2) is 8.24. The summed E-state index contributed by atoms with van der Waals surface area (Å²) in [5, 5.41) is 0. The van der Waals surface area contributed by atoms with E-state index < -0.39 is 0 Å². The third-order valence-corrected chi connectivity index (χ3v) is 5.41. The van der Waals surface area contributed by atoms with Crippen molar-refractivity contribution in [1.29, 1.82) is 0 Å². The number of piperidine rings is 1. The van der Waals surface area contributed by atoms with Crippen molar-refractivity contribution in [1.82, 2.24) is 9.80 Å². The summed E-state index contributed by atoms with van der Waals surface area (Å²) in [5.74, 6) is -0.177. The van der Waals surface area contributed by atoms with Gasteiger partial charge < -0.3 is 9.64 Å². The molecule has 0 amide bonds. The molecular weight excluding hydrogens is 303 g/mol. The van der Waals surface area contributed by atoms with Gasteiger partial charge in [-0.25, -0.2) is 4.39 Å². The van der Waals surface area contributed by atoms with Gasteiger partial charge in [0.2, 0.25) is 0 Å². The summed E-state index contributed by atoms with van der Waals surface area (Å²) in [4.78, 5) is 5.13. The monoisotopic (exact) mass is 332 g/mol. The van der Waals surface area contributed by atoms with Crippen LogP contribution in [0.15, 0.2) is 30.3 Å². The van der Waals surface area contributed by atoms with E-state index in [-0.39, 0.29) is 5.82 Å². The normalized spacial score (nSPS) is 25.9. The molecule has 1 aromatic rings. The molecule has 24 heavy (non-hydrogen) atoms. The van der Waals surface area contributed by atoms with Gasteiger partial charge in [0, 0.05) is 33.3 Å². The van der Waals surface area contributed by atoms with E-state index in [2.05, 4.69) is 22.0 Å². The van der Waals surface area contributed by atoms with Crippen LogP contribution in [0.2, 0.25) is 0 Å². The van der Waals surface area contributed by atoms with E-state index in [4.69, 9.17) is 4.74 Å². The molecule has 2 aliphatic rings. The minimum Gasteiger partial charge on any atom is -0.383 e. The summed E-state index contributed by atoms with van der Waals surface area (Å²) in [5.41, 5.74) is 1.55. The molecule has 2 fully saturated rings. The summed E-state index contributed by atoms with van der Waals surface area (Å²) >= 11 is 0. The van der Waals surface area contributed by atoms with Gasteiger partial charge in [0.15, 0.2) is 0 Å². The summed E-state index contributed by atoms with van der Waals surface area (Å²) in [6.45, 7) is 7.69. The Balaban J connectivity index is 1.48. The summed E-state index contributed by atoms with van der Waals surface area (Å²) in [6.07, 6.45) is 8.27. The van der Waals surface area contributed by atoms with Crippen LogP contribution in [0.25, 0.3) is 6.08 Å². The van der Waals surface area contributed by atoms with Crippen molar-refractivity contribution < 1.29 is 9.13 Å². The topological polar surface area (TPSA) is 15.7 Å². The lowest BCUT2D eigenvalue weighted by molar-refractivity contribution is 0.0686. The Morgan fingerprint density at radius 3 is 2.71 bits per heavy atom. The van der Waals surface area contributed by atoms with Gasteiger partial charge in [-0.3, -0.25) is 4.90 Å². The molecule has 132 valence electrons. The first-order chi connectivity index (χ1) is 11.7. The highest BCUT2D eigenvalue weighted by Crippen LogP contribution is 2.38. The number of methoxy groups -OCH3 is 1. The molecule has 1 atom stereocenters. The summed E-state index contributed by atoms with van der Waals surface area (Å²) < 4.78 is 18.2. The van der Waals surface area contributed by atoms with Gasteiger partial charge >= 0.3 is 0 Å². The number of halogens is 1. The van der Waals surface area contributed by atoms with Crippen LogP contribution >= 0.6 is 0 Å². The predicted molar refractivity (Wildman–Crippen MR) is 96.5 cm³/mol. The molecule has 3 nitrogen and oxygen atoms in total. The Morgan fingerprint density at radius 1 is 1.12 bits per heavy atom. The third kappa shape index (κ3) is 4.65. The van der Waals surface area contributed by atoms with Gasteiger partial charge in [-0.1, -0.05) is 24.3 Å². The van der Waals surface area contributed by atoms with Crippen LogP contribution in [-0.4, -0.2) is 62.8 Å². The number of rotatable bonds is 6. The maximum atomic E-state index is 12.9. The van der Waals surface area contributed by atoms with E-state index in [1.807, 2.05) is 12.1 Å². The van der Waals surface area contributed by atoms with Crippen molar-refractivity contribution in [2.45, 2.75) is 19.3 Å². The highest BCUT2D eigenvalue weighted by atomic mass is 19.1. The molecule has 1 unspecified atom stereocenters. The van der Waals surface area contributed by atoms with Crippen molar-refractivity contribution in [3.05, 3.63) is 41.7 Å². The zero-order valence-corrected chi connectivity index (χ0v) is 14.7. The fourth-order valence-electron chi connectivity index (χ4n) is 4.15. The van der Waals surface area contributed by atoms with Gasteiger partial charge in [-0.05, 0) is 55.5 Å². The fourth-order valence-corrected chi connectivity index (χ4v) is 4.15.